The van der Waals surface area contributed by atoms with E-state index in [2.05, 4.69) is 35.9 Å². The van der Waals surface area contributed by atoms with E-state index in [1.807, 2.05) is 63.2 Å². The molecule has 0 saturated carbocycles. The maximum atomic E-state index is 12.7. The first-order chi connectivity index (χ1) is 13.8. The molecule has 0 saturated heterocycles. The molecule has 29 heavy (non-hydrogen) atoms. The normalized spacial score (nSPS) is 12.9. The molecule has 2 amide bonds. The number of carbonyl (C=O) groups excluding carboxylic acids is 2. The maximum Gasteiger partial charge on any atom is 0.246 e. The quantitative estimate of drug-likeness (QED) is 0.516. The Labute approximate surface area is 174 Å². The van der Waals surface area contributed by atoms with Gasteiger partial charge in [0.1, 0.15) is 6.04 Å². The van der Waals surface area contributed by atoms with E-state index in [0.717, 1.165) is 29.0 Å². The topological polar surface area (TPSA) is 70.2 Å². The number of nitrogens with one attached hydrogen (secondary N) is 3. The highest BCUT2D eigenvalue weighted by molar-refractivity contribution is 5.97. The molecule has 2 aromatic rings. The summed E-state index contributed by atoms with van der Waals surface area (Å²) in [6.45, 7) is 10.2. The molecule has 0 fully saturated rings. The number of para-hydroxylation sites is 1. The number of amides is 2. The first-order valence-corrected chi connectivity index (χ1v) is 10.4. The molecule has 2 atom stereocenters. The van der Waals surface area contributed by atoms with Crippen LogP contribution in [0.5, 0.6) is 0 Å². The minimum absolute atomic E-state index is 0.00780. The molecule has 0 aromatic heterocycles. The van der Waals surface area contributed by atoms with Crippen molar-refractivity contribution in [1.29, 1.82) is 0 Å². The average Bonchev–Trinajstić information content (AvgIpc) is 2.68. The van der Waals surface area contributed by atoms with Crippen LogP contribution in [0.15, 0.2) is 48.5 Å². The van der Waals surface area contributed by atoms with E-state index in [-0.39, 0.29) is 11.8 Å². The fourth-order valence-corrected chi connectivity index (χ4v) is 3.05. The Morgan fingerprint density at radius 2 is 1.48 bits per heavy atom. The zero-order valence-electron chi connectivity index (χ0n) is 18.1. The molecule has 2 unspecified atom stereocenters. The number of carbonyl (C=O) groups is 2. The Bertz CT molecular complexity index is 815. The molecule has 2 rings (SSSR count). The van der Waals surface area contributed by atoms with Crippen molar-refractivity contribution in [1.82, 2.24) is 0 Å². The number of hydrogen-bond donors (Lipinski definition) is 3. The predicted molar refractivity (Wildman–Crippen MR) is 121 cm³/mol. The van der Waals surface area contributed by atoms with Crippen LogP contribution in [0.2, 0.25) is 0 Å². The molecule has 0 radical (unpaired) electrons. The number of anilines is 3. The maximum absolute atomic E-state index is 12.7. The van der Waals surface area contributed by atoms with Crippen LogP contribution in [0.25, 0.3) is 0 Å². The SMILES string of the molecule is CCC(C)c1ccccc1NC(=O)C(C)Nc1ccc(NC(=O)CC(C)C)cc1. The summed E-state index contributed by atoms with van der Waals surface area (Å²) in [7, 11) is 0. The first-order valence-electron chi connectivity index (χ1n) is 10.4. The van der Waals surface area contributed by atoms with Crippen LogP contribution in [0.3, 0.4) is 0 Å². The van der Waals surface area contributed by atoms with Gasteiger partial charge in [0.05, 0.1) is 0 Å². The lowest BCUT2D eigenvalue weighted by atomic mass is 9.97. The van der Waals surface area contributed by atoms with Gasteiger partial charge in [-0.1, -0.05) is 45.9 Å². The Balaban J connectivity index is 1.95. The summed E-state index contributed by atoms with van der Waals surface area (Å²) in [5.74, 6) is 0.623. The van der Waals surface area contributed by atoms with Gasteiger partial charge in [-0.15, -0.1) is 0 Å². The van der Waals surface area contributed by atoms with Crippen LogP contribution in [0, 0.1) is 5.92 Å². The lowest BCUT2D eigenvalue weighted by Gasteiger charge is -2.19. The van der Waals surface area contributed by atoms with E-state index in [1.165, 1.54) is 0 Å². The highest BCUT2D eigenvalue weighted by Gasteiger charge is 2.16. The Hall–Kier alpha value is -2.82. The second kappa shape index (κ2) is 10.6. The number of benzene rings is 2. The van der Waals surface area contributed by atoms with Crippen molar-refractivity contribution in [3.05, 3.63) is 54.1 Å². The van der Waals surface area contributed by atoms with Crippen LogP contribution in [0.4, 0.5) is 17.1 Å². The summed E-state index contributed by atoms with van der Waals surface area (Å²) in [4.78, 5) is 24.5. The molecular formula is C24H33N3O2. The van der Waals surface area contributed by atoms with Gasteiger partial charge in [0.15, 0.2) is 0 Å². The van der Waals surface area contributed by atoms with Crippen molar-refractivity contribution < 1.29 is 9.59 Å². The van der Waals surface area contributed by atoms with Crippen molar-refractivity contribution in [3.63, 3.8) is 0 Å². The van der Waals surface area contributed by atoms with Crippen molar-refractivity contribution in [2.45, 2.75) is 59.4 Å². The fourth-order valence-electron chi connectivity index (χ4n) is 3.05. The lowest BCUT2D eigenvalue weighted by Crippen LogP contribution is -2.32. The lowest BCUT2D eigenvalue weighted by molar-refractivity contribution is -0.117. The van der Waals surface area contributed by atoms with Crippen molar-refractivity contribution in [2.75, 3.05) is 16.0 Å². The van der Waals surface area contributed by atoms with E-state index in [0.29, 0.717) is 18.3 Å². The summed E-state index contributed by atoms with van der Waals surface area (Å²) < 4.78 is 0. The molecule has 156 valence electrons. The molecule has 0 spiro atoms. The van der Waals surface area contributed by atoms with E-state index >= 15 is 0 Å². The Kier molecular flexibility index (Phi) is 8.25. The van der Waals surface area contributed by atoms with E-state index in [4.69, 9.17) is 0 Å². The van der Waals surface area contributed by atoms with E-state index in [1.54, 1.807) is 0 Å². The van der Waals surface area contributed by atoms with Crippen LogP contribution in [-0.4, -0.2) is 17.9 Å². The van der Waals surface area contributed by atoms with Crippen LogP contribution in [-0.2, 0) is 9.59 Å². The fraction of sp³-hybridized carbons (Fsp3) is 0.417. The largest absolute Gasteiger partial charge is 0.374 e. The summed E-state index contributed by atoms with van der Waals surface area (Å²) in [5, 5.41) is 9.14. The number of hydrogen-bond acceptors (Lipinski definition) is 3. The molecule has 0 aliphatic rings. The van der Waals surface area contributed by atoms with Crippen LogP contribution >= 0.6 is 0 Å². The molecule has 0 bridgehead atoms. The predicted octanol–water partition coefficient (Wildman–Crippen LogP) is 5.62. The Morgan fingerprint density at radius 1 is 0.862 bits per heavy atom. The molecule has 0 aliphatic carbocycles. The zero-order chi connectivity index (χ0) is 21.4. The third-order valence-corrected chi connectivity index (χ3v) is 4.90. The second-order valence-electron chi connectivity index (χ2n) is 7.98. The molecule has 2 aromatic carbocycles. The highest BCUT2D eigenvalue weighted by atomic mass is 16.2. The van der Waals surface area contributed by atoms with Gasteiger partial charge in [-0.3, -0.25) is 9.59 Å². The van der Waals surface area contributed by atoms with Gasteiger partial charge in [-0.25, -0.2) is 0 Å². The second-order valence-corrected chi connectivity index (χ2v) is 7.98. The van der Waals surface area contributed by atoms with Gasteiger partial charge in [-0.2, -0.15) is 0 Å². The van der Waals surface area contributed by atoms with Gasteiger partial charge in [0.25, 0.3) is 0 Å². The average molecular weight is 396 g/mol. The molecule has 0 heterocycles. The van der Waals surface area contributed by atoms with E-state index < -0.39 is 6.04 Å². The minimum Gasteiger partial charge on any atom is -0.374 e. The van der Waals surface area contributed by atoms with Gasteiger partial charge >= 0.3 is 0 Å². The van der Waals surface area contributed by atoms with Crippen LogP contribution in [0.1, 0.15) is 58.9 Å². The monoisotopic (exact) mass is 395 g/mol. The molecule has 5 heteroatoms. The summed E-state index contributed by atoms with van der Waals surface area (Å²) in [5.41, 5.74) is 3.59. The minimum atomic E-state index is -0.402. The summed E-state index contributed by atoms with van der Waals surface area (Å²) in [6, 6.07) is 14.9. The van der Waals surface area contributed by atoms with Gasteiger partial charge in [0.2, 0.25) is 11.8 Å². The zero-order valence-corrected chi connectivity index (χ0v) is 18.1. The van der Waals surface area contributed by atoms with Crippen molar-refractivity contribution in [3.8, 4) is 0 Å². The van der Waals surface area contributed by atoms with Crippen molar-refractivity contribution in [2.24, 2.45) is 5.92 Å². The first kappa shape index (κ1) is 22.5. The highest BCUT2D eigenvalue weighted by Crippen LogP contribution is 2.26. The molecule has 5 nitrogen and oxygen atoms in total. The van der Waals surface area contributed by atoms with Crippen molar-refractivity contribution >= 4 is 28.9 Å². The molecule has 3 N–H and O–H groups in total. The third kappa shape index (κ3) is 6.93. The Morgan fingerprint density at radius 3 is 2.10 bits per heavy atom. The molecular weight excluding hydrogens is 362 g/mol. The summed E-state index contributed by atoms with van der Waals surface area (Å²) >= 11 is 0. The van der Waals surface area contributed by atoms with Gasteiger partial charge in [0, 0.05) is 23.5 Å². The smallest absolute Gasteiger partial charge is 0.246 e. The molecule has 0 aliphatic heterocycles. The number of rotatable bonds is 9. The third-order valence-electron chi connectivity index (χ3n) is 4.90. The summed E-state index contributed by atoms with van der Waals surface area (Å²) in [6.07, 6.45) is 1.51. The van der Waals surface area contributed by atoms with Crippen LogP contribution < -0.4 is 16.0 Å². The standard InChI is InChI=1S/C24H33N3O2/c1-6-17(4)21-9-7-8-10-22(21)27-24(29)18(5)25-19-11-13-20(14-12-19)26-23(28)15-16(2)3/h7-14,16-18,25H,6,15H2,1-5H3,(H,26,28)(H,27,29). The van der Waals surface area contributed by atoms with Gasteiger partial charge < -0.3 is 16.0 Å². The van der Waals surface area contributed by atoms with E-state index in [9.17, 15) is 9.59 Å². The van der Waals surface area contributed by atoms with Gasteiger partial charge in [-0.05, 0) is 61.1 Å².